The zero-order chi connectivity index (χ0) is 17.6. The number of pyridine rings is 1. The highest BCUT2D eigenvalue weighted by atomic mass is 35.5. The molecule has 2 amide bonds. The van der Waals surface area contributed by atoms with Crippen LogP contribution >= 0.6 is 11.6 Å². The van der Waals surface area contributed by atoms with Crippen LogP contribution in [-0.4, -0.2) is 54.0 Å². The maximum atomic E-state index is 12.8. The summed E-state index contributed by atoms with van der Waals surface area (Å²) in [6.45, 7) is 3.43. The van der Waals surface area contributed by atoms with Crippen molar-refractivity contribution in [1.29, 1.82) is 0 Å². The Bertz CT molecular complexity index is 692. The van der Waals surface area contributed by atoms with Crippen molar-refractivity contribution in [3.8, 4) is 0 Å². The van der Waals surface area contributed by atoms with Gasteiger partial charge in [0.1, 0.15) is 0 Å². The van der Waals surface area contributed by atoms with Crippen molar-refractivity contribution in [3.05, 3.63) is 64.9 Å². The van der Waals surface area contributed by atoms with Gasteiger partial charge < -0.3 is 15.1 Å². The van der Waals surface area contributed by atoms with Crippen molar-refractivity contribution >= 4 is 17.6 Å². The predicted octanol–water partition coefficient (Wildman–Crippen LogP) is 3.17. The van der Waals surface area contributed by atoms with Crippen LogP contribution in [0.4, 0.5) is 4.79 Å². The van der Waals surface area contributed by atoms with Gasteiger partial charge in [-0.1, -0.05) is 29.8 Å². The maximum absolute atomic E-state index is 12.8. The third-order valence-corrected chi connectivity index (χ3v) is 4.75. The normalized spacial score (nSPS) is 17.0. The molecule has 0 aliphatic carbocycles. The highest BCUT2D eigenvalue weighted by Crippen LogP contribution is 2.23. The van der Waals surface area contributed by atoms with E-state index in [1.54, 1.807) is 12.4 Å². The zero-order valence-electron chi connectivity index (χ0n) is 14.4. The highest BCUT2D eigenvalue weighted by molar-refractivity contribution is 6.30. The minimum Gasteiger partial charge on any atom is -0.327 e. The Morgan fingerprint density at radius 2 is 1.92 bits per heavy atom. The van der Waals surface area contributed by atoms with E-state index in [9.17, 15) is 4.79 Å². The number of urea groups is 1. The molecule has 0 unspecified atom stereocenters. The summed E-state index contributed by atoms with van der Waals surface area (Å²) in [6, 6.07) is 11.1. The fourth-order valence-corrected chi connectivity index (χ4v) is 3.15. The van der Waals surface area contributed by atoms with Gasteiger partial charge in [-0.2, -0.15) is 0 Å². The molecule has 1 saturated heterocycles. The average Bonchev–Trinajstić information content (AvgIpc) is 2.86. The quantitative estimate of drug-likeness (QED) is 0.916. The average molecular weight is 359 g/mol. The molecule has 0 bridgehead atoms. The van der Waals surface area contributed by atoms with Crippen LogP contribution < -0.4 is 5.32 Å². The molecule has 5 nitrogen and oxygen atoms in total. The Morgan fingerprint density at radius 1 is 1.12 bits per heavy atom. The van der Waals surface area contributed by atoms with Gasteiger partial charge >= 0.3 is 6.03 Å². The summed E-state index contributed by atoms with van der Waals surface area (Å²) in [4.78, 5) is 21.2. The molecule has 1 atom stereocenters. The van der Waals surface area contributed by atoms with E-state index in [4.69, 9.17) is 11.6 Å². The summed E-state index contributed by atoms with van der Waals surface area (Å²) in [6.07, 6.45) is 4.51. The molecule has 25 heavy (non-hydrogen) atoms. The summed E-state index contributed by atoms with van der Waals surface area (Å²) < 4.78 is 0. The molecule has 1 aliphatic heterocycles. The van der Waals surface area contributed by atoms with Crippen molar-refractivity contribution < 1.29 is 4.79 Å². The number of carbonyl (C=O) groups is 1. The topological polar surface area (TPSA) is 48.5 Å². The van der Waals surface area contributed by atoms with Crippen molar-refractivity contribution in [2.24, 2.45) is 0 Å². The lowest BCUT2D eigenvalue weighted by molar-refractivity contribution is 0.197. The van der Waals surface area contributed by atoms with Crippen LogP contribution in [0.1, 0.15) is 23.6 Å². The second-order valence-corrected chi connectivity index (χ2v) is 6.80. The first-order valence-electron chi connectivity index (χ1n) is 8.53. The minimum absolute atomic E-state index is 0.0425. The number of carbonyl (C=O) groups excluding carboxylic acids is 1. The van der Waals surface area contributed by atoms with Crippen molar-refractivity contribution in [2.75, 3.05) is 33.2 Å². The molecule has 0 radical (unpaired) electrons. The second kappa shape index (κ2) is 8.32. The molecule has 1 aromatic carbocycles. The standard InChI is InChI=1S/C19H23ClN4O/c1-23-10-3-11-24(13-12-23)19(25)22-18(16-4-2-9-21-14-16)15-5-7-17(20)8-6-15/h2,4-9,14,18H,3,10-13H2,1H3,(H,22,25)/t18-/m1/s1. The molecule has 3 rings (SSSR count). The monoisotopic (exact) mass is 358 g/mol. The van der Waals surface area contributed by atoms with E-state index < -0.39 is 0 Å². The van der Waals surface area contributed by atoms with Crippen LogP contribution in [0.25, 0.3) is 0 Å². The number of hydrogen-bond acceptors (Lipinski definition) is 3. The first kappa shape index (κ1) is 17.7. The Morgan fingerprint density at radius 3 is 2.64 bits per heavy atom. The molecule has 0 spiro atoms. The first-order valence-corrected chi connectivity index (χ1v) is 8.90. The van der Waals surface area contributed by atoms with Crippen LogP contribution in [0, 0.1) is 0 Å². The molecule has 132 valence electrons. The number of aromatic nitrogens is 1. The van der Waals surface area contributed by atoms with Gasteiger partial charge in [0, 0.05) is 37.1 Å². The highest BCUT2D eigenvalue weighted by Gasteiger charge is 2.22. The van der Waals surface area contributed by atoms with Crippen molar-refractivity contribution in [2.45, 2.75) is 12.5 Å². The predicted molar refractivity (Wildman–Crippen MR) is 99.8 cm³/mol. The number of nitrogens with one attached hydrogen (secondary N) is 1. The lowest BCUT2D eigenvalue weighted by Gasteiger charge is -2.26. The van der Waals surface area contributed by atoms with Gasteiger partial charge in [-0.05, 0) is 49.3 Å². The largest absolute Gasteiger partial charge is 0.327 e. The van der Waals surface area contributed by atoms with Crippen LogP contribution in [0.2, 0.25) is 5.02 Å². The summed E-state index contributed by atoms with van der Waals surface area (Å²) in [5, 5.41) is 3.84. The van der Waals surface area contributed by atoms with Gasteiger partial charge in [-0.25, -0.2) is 4.79 Å². The molecule has 1 aromatic heterocycles. The number of benzene rings is 1. The Kier molecular flexibility index (Phi) is 5.89. The third-order valence-electron chi connectivity index (χ3n) is 4.50. The molecule has 0 saturated carbocycles. The summed E-state index contributed by atoms with van der Waals surface area (Å²) in [7, 11) is 2.09. The zero-order valence-corrected chi connectivity index (χ0v) is 15.1. The maximum Gasteiger partial charge on any atom is 0.318 e. The fraction of sp³-hybridized carbons (Fsp3) is 0.368. The fourth-order valence-electron chi connectivity index (χ4n) is 3.03. The van der Waals surface area contributed by atoms with E-state index in [2.05, 4.69) is 22.2 Å². The lowest BCUT2D eigenvalue weighted by Crippen LogP contribution is -2.43. The van der Waals surface area contributed by atoms with E-state index in [1.807, 2.05) is 41.3 Å². The Balaban J connectivity index is 1.80. The van der Waals surface area contributed by atoms with E-state index in [0.717, 1.165) is 43.7 Å². The molecule has 1 N–H and O–H groups in total. The summed E-state index contributed by atoms with van der Waals surface area (Å²) in [5.74, 6) is 0. The molecule has 2 heterocycles. The minimum atomic E-state index is -0.251. The van der Waals surface area contributed by atoms with E-state index >= 15 is 0 Å². The first-order chi connectivity index (χ1) is 12.1. The van der Waals surface area contributed by atoms with Crippen LogP contribution in [0.15, 0.2) is 48.8 Å². The van der Waals surface area contributed by atoms with E-state index in [-0.39, 0.29) is 12.1 Å². The number of rotatable bonds is 3. The Hall–Kier alpha value is -2.11. The number of halogens is 1. The second-order valence-electron chi connectivity index (χ2n) is 6.36. The third kappa shape index (κ3) is 4.71. The molecule has 2 aromatic rings. The van der Waals surface area contributed by atoms with Crippen LogP contribution in [0.3, 0.4) is 0 Å². The summed E-state index contributed by atoms with van der Waals surface area (Å²) >= 11 is 6.01. The van der Waals surface area contributed by atoms with Gasteiger partial charge in [-0.15, -0.1) is 0 Å². The van der Waals surface area contributed by atoms with Gasteiger partial charge in [0.05, 0.1) is 6.04 Å². The molecule has 6 heteroatoms. The van der Waals surface area contributed by atoms with Gasteiger partial charge in [0.15, 0.2) is 0 Å². The molecule has 1 fully saturated rings. The van der Waals surface area contributed by atoms with Crippen LogP contribution in [-0.2, 0) is 0 Å². The number of hydrogen-bond donors (Lipinski definition) is 1. The molecular formula is C19H23ClN4O. The van der Waals surface area contributed by atoms with Crippen molar-refractivity contribution in [3.63, 3.8) is 0 Å². The number of nitrogens with zero attached hydrogens (tertiary/aromatic N) is 3. The van der Waals surface area contributed by atoms with Gasteiger partial charge in [0.2, 0.25) is 0 Å². The van der Waals surface area contributed by atoms with Crippen molar-refractivity contribution in [1.82, 2.24) is 20.1 Å². The molecular weight excluding hydrogens is 336 g/mol. The summed E-state index contributed by atoms with van der Waals surface area (Å²) in [5.41, 5.74) is 1.93. The number of amides is 2. The SMILES string of the molecule is CN1CCCN(C(=O)N[C@H](c2ccc(Cl)cc2)c2cccnc2)CC1. The Labute approximate surface area is 153 Å². The molecule has 1 aliphatic rings. The van der Waals surface area contributed by atoms with E-state index in [0.29, 0.717) is 5.02 Å². The van der Waals surface area contributed by atoms with Gasteiger partial charge in [-0.3, -0.25) is 4.98 Å². The smallest absolute Gasteiger partial charge is 0.318 e. The lowest BCUT2D eigenvalue weighted by atomic mass is 10.0. The van der Waals surface area contributed by atoms with E-state index in [1.165, 1.54) is 0 Å². The number of likely N-dealkylation sites (N-methyl/N-ethyl adjacent to an activating group) is 1. The van der Waals surface area contributed by atoms with Crippen LogP contribution in [0.5, 0.6) is 0 Å². The van der Waals surface area contributed by atoms with Gasteiger partial charge in [0.25, 0.3) is 0 Å².